The molecule has 2 fully saturated rings. The van der Waals surface area contributed by atoms with Gasteiger partial charge in [-0.05, 0) is 69.0 Å². The number of carbonyl (C=O) groups is 1. The maximum Gasteiger partial charge on any atom is 0.298 e. The van der Waals surface area contributed by atoms with Crippen molar-refractivity contribution in [3.8, 4) is 11.4 Å². The summed E-state index contributed by atoms with van der Waals surface area (Å²) in [5.41, 5.74) is 8.55. The van der Waals surface area contributed by atoms with Crippen molar-refractivity contribution in [2.24, 2.45) is 5.73 Å². The molecule has 8 nitrogen and oxygen atoms in total. The van der Waals surface area contributed by atoms with E-state index in [9.17, 15) is 13.6 Å². The number of ether oxygens (including phenoxy) is 1. The first-order chi connectivity index (χ1) is 18.2. The minimum absolute atomic E-state index is 0.00877. The Hall–Kier alpha value is -2.73. The molecule has 2 unspecified atom stereocenters. The summed E-state index contributed by atoms with van der Waals surface area (Å²) in [6.07, 6.45) is 3.22. The monoisotopic (exact) mass is 542 g/mol. The highest BCUT2D eigenvalue weighted by atomic mass is 32.2. The van der Waals surface area contributed by atoms with E-state index in [-0.39, 0.29) is 43.0 Å². The van der Waals surface area contributed by atoms with Crippen LogP contribution in [0.1, 0.15) is 32.4 Å². The fourth-order valence-electron chi connectivity index (χ4n) is 5.06. The third kappa shape index (κ3) is 6.45. The molecule has 2 atom stereocenters. The third-order valence-corrected chi connectivity index (χ3v) is 7.71. The number of hydrogen-bond donors (Lipinski definition) is 1. The summed E-state index contributed by atoms with van der Waals surface area (Å²) in [6.45, 7) is 5.60. The van der Waals surface area contributed by atoms with Gasteiger partial charge in [0.2, 0.25) is 0 Å². The quantitative estimate of drug-likeness (QED) is 0.401. The topological polar surface area (TPSA) is 97.5 Å². The Labute approximate surface area is 225 Å². The molecule has 4 heterocycles. The second-order valence-corrected chi connectivity index (χ2v) is 11.2. The lowest BCUT2D eigenvalue weighted by Crippen LogP contribution is -2.49. The average Bonchev–Trinajstić information content (AvgIpc) is 2.85. The Balaban J connectivity index is 1.31. The van der Waals surface area contributed by atoms with Gasteiger partial charge in [-0.1, -0.05) is 6.07 Å². The molecule has 1 saturated carbocycles. The molecule has 202 valence electrons. The lowest BCUT2D eigenvalue weighted by atomic mass is 9.87. The van der Waals surface area contributed by atoms with E-state index in [1.54, 1.807) is 12.3 Å². The first kappa shape index (κ1) is 26.9. The minimum Gasteiger partial charge on any atom is -0.372 e. The Bertz CT molecular complexity index is 1280. The molecule has 1 aliphatic heterocycles. The van der Waals surface area contributed by atoms with Gasteiger partial charge in [-0.2, -0.15) is 8.78 Å². The predicted molar refractivity (Wildman–Crippen MR) is 145 cm³/mol. The van der Waals surface area contributed by atoms with E-state index < -0.39 is 5.76 Å². The summed E-state index contributed by atoms with van der Waals surface area (Å²) in [5.74, 6) is -1.88. The molecule has 0 amide bonds. The molecule has 11 heteroatoms. The van der Waals surface area contributed by atoms with E-state index in [1.807, 2.05) is 30.3 Å². The Morgan fingerprint density at radius 1 is 1.16 bits per heavy atom. The van der Waals surface area contributed by atoms with E-state index in [2.05, 4.69) is 23.7 Å². The van der Waals surface area contributed by atoms with E-state index in [1.165, 1.54) is 4.31 Å². The number of Topliss-reactive ketones (excluding diaryl/α,β-unsaturated/α-hetero) is 1. The number of pyridine rings is 3. The Kier molecular flexibility index (Phi) is 8.18. The van der Waals surface area contributed by atoms with Gasteiger partial charge in [0.05, 0.1) is 42.1 Å². The number of morpholine rings is 1. The number of ketones is 1. The van der Waals surface area contributed by atoms with Crippen molar-refractivity contribution in [1.82, 2.24) is 19.3 Å². The zero-order valence-corrected chi connectivity index (χ0v) is 22.3. The van der Waals surface area contributed by atoms with Crippen LogP contribution in [0.4, 0.5) is 14.6 Å². The smallest absolute Gasteiger partial charge is 0.298 e. The maximum absolute atomic E-state index is 13.0. The molecular formula is C27H32F2N6O2S. The van der Waals surface area contributed by atoms with Crippen LogP contribution in [0, 0.1) is 0 Å². The molecule has 3 aromatic rings. The number of carbonyl (C=O) groups excluding carboxylic acids is 1. The molecule has 2 N–H and O–H groups in total. The van der Waals surface area contributed by atoms with E-state index >= 15 is 0 Å². The number of rotatable bonds is 9. The van der Waals surface area contributed by atoms with Crippen molar-refractivity contribution >= 4 is 34.5 Å². The highest BCUT2D eigenvalue weighted by Crippen LogP contribution is 2.32. The number of nitrogens with two attached hydrogens (primary N) is 1. The minimum atomic E-state index is -2.58. The summed E-state index contributed by atoms with van der Waals surface area (Å²) in [5, 5.41) is 0.843. The summed E-state index contributed by atoms with van der Waals surface area (Å²) < 4.78 is 33.4. The van der Waals surface area contributed by atoms with E-state index in [0.717, 1.165) is 35.7 Å². The van der Waals surface area contributed by atoms with Gasteiger partial charge in [0, 0.05) is 42.5 Å². The second-order valence-electron chi connectivity index (χ2n) is 10.2. The normalized spacial score (nSPS) is 23.7. The Morgan fingerprint density at radius 2 is 1.89 bits per heavy atom. The van der Waals surface area contributed by atoms with Gasteiger partial charge in [0.1, 0.15) is 5.82 Å². The molecule has 1 saturated heterocycles. The molecule has 5 rings (SSSR count). The van der Waals surface area contributed by atoms with Crippen LogP contribution in [-0.2, 0) is 16.0 Å². The van der Waals surface area contributed by atoms with Crippen LogP contribution in [-0.4, -0.2) is 74.7 Å². The summed E-state index contributed by atoms with van der Waals surface area (Å²) in [6, 6.07) is 11.4. The lowest BCUT2D eigenvalue weighted by molar-refractivity contribution is -0.119. The fourth-order valence-corrected chi connectivity index (χ4v) is 5.82. The number of fused-ring (bicyclic) bond motifs is 1. The summed E-state index contributed by atoms with van der Waals surface area (Å²) in [7, 11) is 0. The van der Waals surface area contributed by atoms with Crippen molar-refractivity contribution in [2.75, 3.05) is 24.5 Å². The van der Waals surface area contributed by atoms with Crippen LogP contribution < -0.4 is 10.6 Å². The summed E-state index contributed by atoms with van der Waals surface area (Å²) >= 11 is 0.412. The maximum atomic E-state index is 13.0. The van der Waals surface area contributed by atoms with Crippen LogP contribution in [0.3, 0.4) is 0 Å². The van der Waals surface area contributed by atoms with E-state index in [0.29, 0.717) is 36.0 Å². The number of nitrogens with zero attached hydrogens (tertiary/aromatic N) is 5. The lowest BCUT2D eigenvalue weighted by Gasteiger charge is -2.39. The average molecular weight is 543 g/mol. The largest absolute Gasteiger partial charge is 0.372 e. The first-order valence-electron chi connectivity index (χ1n) is 12.9. The van der Waals surface area contributed by atoms with Crippen LogP contribution in [0.2, 0.25) is 0 Å². The SMILES string of the molecule is CC1CN(c2cccc(-c3ccc4cnc(CC(=O)CN(SC(F)F)C5CC(N)C5)cc4n3)n2)CC(C)O1. The zero-order valence-electron chi connectivity index (χ0n) is 21.5. The van der Waals surface area contributed by atoms with Crippen LogP contribution in [0.5, 0.6) is 0 Å². The number of aromatic nitrogens is 3. The zero-order chi connectivity index (χ0) is 26.8. The summed E-state index contributed by atoms with van der Waals surface area (Å²) in [4.78, 5) is 29.1. The highest BCUT2D eigenvalue weighted by molar-refractivity contribution is 7.97. The van der Waals surface area contributed by atoms with Crippen molar-refractivity contribution in [1.29, 1.82) is 0 Å². The van der Waals surface area contributed by atoms with Gasteiger partial charge in [-0.25, -0.2) is 14.3 Å². The van der Waals surface area contributed by atoms with Gasteiger partial charge < -0.3 is 15.4 Å². The molecule has 1 aliphatic carbocycles. The van der Waals surface area contributed by atoms with Crippen LogP contribution in [0.15, 0.2) is 42.6 Å². The molecule has 0 aromatic carbocycles. The number of hydrogen-bond acceptors (Lipinski definition) is 9. The number of halogens is 2. The molecule has 2 aliphatic rings. The predicted octanol–water partition coefficient (Wildman–Crippen LogP) is 4.08. The van der Waals surface area contributed by atoms with Gasteiger partial charge in [-0.15, -0.1) is 0 Å². The first-order valence-corrected chi connectivity index (χ1v) is 13.7. The Morgan fingerprint density at radius 3 is 2.61 bits per heavy atom. The van der Waals surface area contributed by atoms with Crippen LogP contribution in [0.25, 0.3) is 22.3 Å². The molecular weight excluding hydrogens is 510 g/mol. The van der Waals surface area contributed by atoms with Crippen LogP contribution >= 0.6 is 11.9 Å². The fraction of sp³-hybridized carbons (Fsp3) is 0.481. The molecule has 0 spiro atoms. The van der Waals surface area contributed by atoms with Crippen molar-refractivity contribution in [2.45, 2.75) is 63.2 Å². The van der Waals surface area contributed by atoms with Gasteiger partial charge >= 0.3 is 0 Å². The molecule has 0 bridgehead atoms. The molecule has 0 radical (unpaired) electrons. The van der Waals surface area contributed by atoms with E-state index in [4.69, 9.17) is 20.4 Å². The van der Waals surface area contributed by atoms with Crippen molar-refractivity contribution < 1.29 is 18.3 Å². The van der Waals surface area contributed by atoms with Gasteiger partial charge in [0.15, 0.2) is 5.78 Å². The molecule has 38 heavy (non-hydrogen) atoms. The highest BCUT2D eigenvalue weighted by Gasteiger charge is 2.34. The standard InChI is InChI=1S/C27H32F2N6O2S/c1-16-13-34(14-17(2)37-16)26-5-3-4-23(33-26)24-7-6-18-12-31-20(11-25(18)32-24)10-22(36)15-35(38-27(28)29)21-8-19(30)9-21/h3-7,11-12,16-17,19,21,27H,8-10,13-15,30H2,1-2H3. The third-order valence-electron chi connectivity index (χ3n) is 6.85. The number of anilines is 1. The van der Waals surface area contributed by atoms with Crippen molar-refractivity contribution in [3.05, 3.63) is 48.3 Å². The van der Waals surface area contributed by atoms with Gasteiger partial charge in [-0.3, -0.25) is 9.78 Å². The number of alkyl halides is 2. The second kappa shape index (κ2) is 11.6. The molecule has 3 aromatic heterocycles. The van der Waals surface area contributed by atoms with Crippen molar-refractivity contribution in [3.63, 3.8) is 0 Å². The van der Waals surface area contributed by atoms with Gasteiger partial charge in [0.25, 0.3) is 5.76 Å².